The lowest BCUT2D eigenvalue weighted by Gasteiger charge is -2.13. The number of hydrogen-bond donors (Lipinski definition) is 1. The van der Waals surface area contributed by atoms with Crippen molar-refractivity contribution in [2.24, 2.45) is 0 Å². The molecular weight excluding hydrogens is 331 g/mol. The third-order valence-corrected chi connectivity index (χ3v) is 3.47. The molecule has 0 fully saturated rings. The van der Waals surface area contributed by atoms with Gasteiger partial charge in [0.05, 0.1) is 12.2 Å². The molecule has 0 amide bonds. The molecule has 120 valence electrons. The number of ether oxygens (including phenoxy) is 1. The number of benzene rings is 1. The number of rotatable bonds is 5. The predicted octanol–water partition coefficient (Wildman–Crippen LogP) is 4.31. The Bertz CT molecular complexity index is 772. The minimum Gasteiger partial charge on any atom is -0.404 e. The summed E-state index contributed by atoms with van der Waals surface area (Å²) in [5.41, 5.74) is 1.01. The SMILES string of the molecule is FC(F)(F)Oc1ccccc1NCc1nc(-c2ccsc2)no1. The van der Waals surface area contributed by atoms with Gasteiger partial charge >= 0.3 is 6.36 Å². The van der Waals surface area contributed by atoms with Crippen molar-refractivity contribution in [3.05, 3.63) is 47.0 Å². The molecule has 0 radical (unpaired) electrons. The van der Waals surface area contributed by atoms with Crippen molar-refractivity contribution in [2.75, 3.05) is 5.32 Å². The maximum Gasteiger partial charge on any atom is 0.573 e. The second kappa shape index (κ2) is 6.29. The highest BCUT2D eigenvalue weighted by molar-refractivity contribution is 7.08. The van der Waals surface area contributed by atoms with Gasteiger partial charge in [0.2, 0.25) is 11.7 Å². The highest BCUT2D eigenvalue weighted by Gasteiger charge is 2.32. The maximum absolute atomic E-state index is 12.4. The number of anilines is 1. The van der Waals surface area contributed by atoms with E-state index in [1.165, 1.54) is 29.5 Å². The van der Waals surface area contributed by atoms with E-state index in [1.54, 1.807) is 6.07 Å². The highest BCUT2D eigenvalue weighted by atomic mass is 32.1. The number of aromatic nitrogens is 2. The van der Waals surface area contributed by atoms with Crippen molar-refractivity contribution in [3.8, 4) is 17.1 Å². The normalized spacial score (nSPS) is 11.4. The molecule has 0 atom stereocenters. The lowest BCUT2D eigenvalue weighted by Crippen LogP contribution is -2.18. The highest BCUT2D eigenvalue weighted by Crippen LogP contribution is 2.30. The Morgan fingerprint density at radius 2 is 2.04 bits per heavy atom. The topological polar surface area (TPSA) is 60.2 Å². The number of para-hydroxylation sites is 2. The molecule has 1 aromatic carbocycles. The summed E-state index contributed by atoms with van der Waals surface area (Å²) in [6, 6.07) is 7.58. The molecule has 0 unspecified atom stereocenters. The van der Waals surface area contributed by atoms with Crippen LogP contribution in [-0.4, -0.2) is 16.5 Å². The van der Waals surface area contributed by atoms with Crippen LogP contribution in [0.15, 0.2) is 45.6 Å². The number of hydrogen-bond acceptors (Lipinski definition) is 6. The molecule has 1 N–H and O–H groups in total. The zero-order valence-corrected chi connectivity index (χ0v) is 12.3. The molecule has 0 saturated carbocycles. The standard InChI is InChI=1S/C14H10F3N3O2S/c15-14(16,17)21-11-4-2-1-3-10(11)18-7-12-19-13(20-22-12)9-5-6-23-8-9/h1-6,8,18H,7H2. The summed E-state index contributed by atoms with van der Waals surface area (Å²) in [6.07, 6.45) is -4.76. The smallest absolute Gasteiger partial charge is 0.404 e. The first kappa shape index (κ1) is 15.3. The summed E-state index contributed by atoms with van der Waals surface area (Å²) in [6.45, 7) is 0.0787. The summed E-state index contributed by atoms with van der Waals surface area (Å²) in [4.78, 5) is 4.18. The van der Waals surface area contributed by atoms with Crippen LogP contribution in [-0.2, 0) is 6.54 Å². The van der Waals surface area contributed by atoms with Gasteiger partial charge in [0.25, 0.3) is 0 Å². The van der Waals surface area contributed by atoms with Gasteiger partial charge in [-0.3, -0.25) is 0 Å². The van der Waals surface area contributed by atoms with Crippen LogP contribution >= 0.6 is 11.3 Å². The molecule has 5 nitrogen and oxygen atoms in total. The fraction of sp³-hybridized carbons (Fsp3) is 0.143. The van der Waals surface area contributed by atoms with Crippen LogP contribution < -0.4 is 10.1 Å². The van der Waals surface area contributed by atoms with Crippen molar-refractivity contribution in [1.82, 2.24) is 10.1 Å². The van der Waals surface area contributed by atoms with E-state index in [1.807, 2.05) is 16.8 Å². The second-order valence-corrected chi connectivity index (χ2v) is 5.20. The molecule has 0 aliphatic heterocycles. The van der Waals surface area contributed by atoms with E-state index >= 15 is 0 Å². The molecule has 23 heavy (non-hydrogen) atoms. The molecule has 0 bridgehead atoms. The second-order valence-electron chi connectivity index (χ2n) is 4.42. The Labute approximate surface area is 132 Å². The third-order valence-electron chi connectivity index (χ3n) is 2.79. The number of thiophene rings is 1. The number of nitrogens with one attached hydrogen (secondary N) is 1. The van der Waals surface area contributed by atoms with E-state index in [2.05, 4.69) is 20.2 Å². The number of halogens is 3. The van der Waals surface area contributed by atoms with Gasteiger partial charge in [-0.05, 0) is 23.6 Å². The van der Waals surface area contributed by atoms with Crippen LogP contribution in [0.5, 0.6) is 5.75 Å². The fourth-order valence-electron chi connectivity index (χ4n) is 1.83. The fourth-order valence-corrected chi connectivity index (χ4v) is 2.47. The first-order valence-electron chi connectivity index (χ1n) is 6.45. The molecule has 0 aliphatic carbocycles. The monoisotopic (exact) mass is 341 g/mol. The largest absolute Gasteiger partial charge is 0.573 e. The molecule has 0 saturated heterocycles. The van der Waals surface area contributed by atoms with Gasteiger partial charge in [-0.1, -0.05) is 17.3 Å². The quantitative estimate of drug-likeness (QED) is 0.749. The van der Waals surface area contributed by atoms with Gasteiger partial charge in [0.1, 0.15) is 0 Å². The molecule has 2 heterocycles. The Morgan fingerprint density at radius 3 is 2.78 bits per heavy atom. The Hall–Kier alpha value is -2.55. The van der Waals surface area contributed by atoms with Crippen molar-refractivity contribution in [3.63, 3.8) is 0 Å². The molecule has 3 rings (SSSR count). The van der Waals surface area contributed by atoms with Crippen LogP contribution in [0.4, 0.5) is 18.9 Å². The van der Waals surface area contributed by atoms with Crippen LogP contribution in [0, 0.1) is 0 Å². The Balaban J connectivity index is 1.69. The van der Waals surface area contributed by atoms with Crippen molar-refractivity contribution < 1.29 is 22.4 Å². The van der Waals surface area contributed by atoms with Gasteiger partial charge in [-0.2, -0.15) is 16.3 Å². The van der Waals surface area contributed by atoms with E-state index in [4.69, 9.17) is 4.52 Å². The van der Waals surface area contributed by atoms with Crippen LogP contribution in [0.3, 0.4) is 0 Å². The third kappa shape index (κ3) is 4.01. The number of nitrogens with zero attached hydrogens (tertiary/aromatic N) is 2. The molecular formula is C14H10F3N3O2S. The van der Waals surface area contributed by atoms with Gasteiger partial charge in [0.15, 0.2) is 5.75 Å². The summed E-state index contributed by atoms with van der Waals surface area (Å²) in [5.74, 6) is 0.369. The maximum atomic E-state index is 12.4. The van der Waals surface area contributed by atoms with Crippen molar-refractivity contribution in [2.45, 2.75) is 12.9 Å². The first-order chi connectivity index (χ1) is 11.0. The van der Waals surface area contributed by atoms with Crippen molar-refractivity contribution >= 4 is 17.0 Å². The minimum atomic E-state index is -4.76. The van der Waals surface area contributed by atoms with E-state index in [-0.39, 0.29) is 23.9 Å². The van der Waals surface area contributed by atoms with Gasteiger partial charge in [-0.15, -0.1) is 13.2 Å². The van der Waals surface area contributed by atoms with Crippen molar-refractivity contribution in [1.29, 1.82) is 0 Å². The molecule has 3 aromatic rings. The molecule has 2 aromatic heterocycles. The number of alkyl halides is 3. The van der Waals surface area contributed by atoms with Crippen LogP contribution in [0.2, 0.25) is 0 Å². The van der Waals surface area contributed by atoms with E-state index in [0.29, 0.717) is 5.82 Å². The Kier molecular flexibility index (Phi) is 4.20. The molecule has 0 spiro atoms. The van der Waals surface area contributed by atoms with Crippen LogP contribution in [0.1, 0.15) is 5.89 Å². The average molecular weight is 341 g/mol. The Morgan fingerprint density at radius 1 is 1.22 bits per heavy atom. The van der Waals surface area contributed by atoms with Crippen LogP contribution in [0.25, 0.3) is 11.4 Å². The molecule has 9 heteroatoms. The van der Waals surface area contributed by atoms with E-state index < -0.39 is 6.36 Å². The minimum absolute atomic E-state index is 0.0787. The van der Waals surface area contributed by atoms with Gasteiger partial charge < -0.3 is 14.6 Å². The van der Waals surface area contributed by atoms with E-state index in [9.17, 15) is 13.2 Å². The average Bonchev–Trinajstić information content (AvgIpc) is 3.16. The first-order valence-corrected chi connectivity index (χ1v) is 7.39. The summed E-state index contributed by atoms with van der Waals surface area (Å²) in [7, 11) is 0. The van der Waals surface area contributed by atoms with Gasteiger partial charge in [-0.25, -0.2) is 0 Å². The zero-order valence-electron chi connectivity index (χ0n) is 11.5. The summed E-state index contributed by atoms with van der Waals surface area (Å²) >= 11 is 1.50. The lowest BCUT2D eigenvalue weighted by molar-refractivity contribution is -0.274. The summed E-state index contributed by atoms with van der Waals surface area (Å²) in [5, 5.41) is 10.4. The summed E-state index contributed by atoms with van der Waals surface area (Å²) < 4.78 is 46.1. The zero-order chi connectivity index (χ0) is 16.3. The van der Waals surface area contributed by atoms with Gasteiger partial charge in [0, 0.05) is 10.9 Å². The predicted molar refractivity (Wildman–Crippen MR) is 78.1 cm³/mol. The lowest BCUT2D eigenvalue weighted by atomic mass is 10.3. The van der Waals surface area contributed by atoms with E-state index in [0.717, 1.165) is 5.56 Å². The molecule has 0 aliphatic rings.